The van der Waals surface area contributed by atoms with E-state index in [1.165, 1.54) is 5.56 Å². The van der Waals surface area contributed by atoms with Gasteiger partial charge in [0.15, 0.2) is 0 Å². The Bertz CT molecular complexity index is 562. The van der Waals surface area contributed by atoms with Crippen LogP contribution in [0.15, 0.2) is 65.7 Å². The summed E-state index contributed by atoms with van der Waals surface area (Å²) in [6, 6.07) is 20.3. The van der Waals surface area contributed by atoms with Gasteiger partial charge in [0.2, 0.25) is 5.90 Å². The minimum atomic E-state index is -0.271. The van der Waals surface area contributed by atoms with Crippen LogP contribution in [0.5, 0.6) is 0 Å². The van der Waals surface area contributed by atoms with Crippen molar-refractivity contribution in [3.05, 3.63) is 71.8 Å². The van der Waals surface area contributed by atoms with Crippen molar-refractivity contribution in [1.82, 2.24) is 0 Å². The molecule has 0 fully saturated rings. The molecule has 1 unspecified atom stereocenters. The van der Waals surface area contributed by atoms with Crippen LogP contribution in [0.2, 0.25) is 0 Å². The minimum absolute atomic E-state index is 0.271. The normalized spacial score (nSPS) is 22.4. The highest BCUT2D eigenvalue weighted by atomic mass is 16.5. The van der Waals surface area contributed by atoms with Crippen LogP contribution in [0.25, 0.3) is 0 Å². The Kier molecular flexibility index (Phi) is 2.63. The van der Waals surface area contributed by atoms with Crippen LogP contribution in [-0.4, -0.2) is 12.5 Å². The lowest BCUT2D eigenvalue weighted by molar-refractivity contribution is 0.269. The lowest BCUT2D eigenvalue weighted by Gasteiger charge is -2.18. The Morgan fingerprint density at radius 3 is 2.22 bits per heavy atom. The van der Waals surface area contributed by atoms with Crippen LogP contribution in [-0.2, 0) is 10.3 Å². The molecule has 0 saturated carbocycles. The average molecular weight is 237 g/mol. The van der Waals surface area contributed by atoms with E-state index in [4.69, 9.17) is 9.73 Å². The van der Waals surface area contributed by atoms with Crippen LogP contribution in [0.4, 0.5) is 0 Å². The Balaban J connectivity index is 1.96. The monoisotopic (exact) mass is 237 g/mol. The summed E-state index contributed by atoms with van der Waals surface area (Å²) >= 11 is 0. The molecule has 3 rings (SSSR count). The first-order chi connectivity index (χ1) is 8.78. The smallest absolute Gasteiger partial charge is 0.217 e. The van der Waals surface area contributed by atoms with E-state index in [9.17, 15) is 0 Å². The second-order valence-electron chi connectivity index (χ2n) is 4.71. The summed E-state index contributed by atoms with van der Waals surface area (Å²) in [4.78, 5) is 4.75. The molecule has 1 aliphatic heterocycles. The Hall–Kier alpha value is -2.09. The molecule has 2 nitrogen and oxygen atoms in total. The molecule has 0 spiro atoms. The van der Waals surface area contributed by atoms with Gasteiger partial charge in [-0.25, -0.2) is 4.99 Å². The molecule has 2 heteroatoms. The number of nitrogens with zero attached hydrogens (tertiary/aromatic N) is 1. The van der Waals surface area contributed by atoms with Crippen molar-refractivity contribution in [1.29, 1.82) is 0 Å². The van der Waals surface area contributed by atoms with Crippen molar-refractivity contribution in [2.75, 3.05) is 6.61 Å². The first-order valence-electron chi connectivity index (χ1n) is 6.11. The zero-order valence-corrected chi connectivity index (χ0v) is 10.3. The molecule has 0 amide bonds. The van der Waals surface area contributed by atoms with Crippen LogP contribution in [0.1, 0.15) is 18.1 Å². The van der Waals surface area contributed by atoms with E-state index in [1.54, 1.807) is 0 Å². The molecule has 0 N–H and O–H groups in total. The minimum Gasteiger partial charge on any atom is -0.475 e. The maximum Gasteiger partial charge on any atom is 0.217 e. The van der Waals surface area contributed by atoms with Crippen molar-refractivity contribution in [3.63, 3.8) is 0 Å². The van der Waals surface area contributed by atoms with Crippen LogP contribution in [0.3, 0.4) is 0 Å². The lowest BCUT2D eigenvalue weighted by Crippen LogP contribution is -2.20. The number of rotatable bonds is 2. The van der Waals surface area contributed by atoms with Gasteiger partial charge in [0, 0.05) is 5.56 Å². The van der Waals surface area contributed by atoms with Gasteiger partial charge in [-0.3, -0.25) is 0 Å². The fraction of sp³-hybridized carbons (Fsp3) is 0.188. The predicted molar refractivity (Wildman–Crippen MR) is 72.7 cm³/mol. The Morgan fingerprint density at radius 1 is 0.944 bits per heavy atom. The molecule has 1 aliphatic rings. The summed E-state index contributed by atoms with van der Waals surface area (Å²) in [6.07, 6.45) is 0. The van der Waals surface area contributed by atoms with E-state index in [2.05, 4.69) is 19.1 Å². The third-order valence-corrected chi connectivity index (χ3v) is 3.25. The molecule has 0 aromatic heterocycles. The summed E-state index contributed by atoms with van der Waals surface area (Å²) < 4.78 is 5.76. The number of ether oxygens (including phenoxy) is 1. The molecule has 2 aromatic rings. The van der Waals surface area contributed by atoms with E-state index in [1.807, 2.05) is 48.5 Å². The van der Waals surface area contributed by atoms with Gasteiger partial charge < -0.3 is 4.74 Å². The molecule has 1 heterocycles. The maximum atomic E-state index is 5.76. The Morgan fingerprint density at radius 2 is 1.56 bits per heavy atom. The molecule has 2 aromatic carbocycles. The van der Waals surface area contributed by atoms with Gasteiger partial charge >= 0.3 is 0 Å². The van der Waals surface area contributed by atoms with Gasteiger partial charge in [0.25, 0.3) is 0 Å². The van der Waals surface area contributed by atoms with Gasteiger partial charge in [0.1, 0.15) is 12.1 Å². The number of aliphatic imine (C=N–C) groups is 1. The van der Waals surface area contributed by atoms with Crippen molar-refractivity contribution in [3.8, 4) is 0 Å². The topological polar surface area (TPSA) is 21.6 Å². The second kappa shape index (κ2) is 4.30. The first-order valence-corrected chi connectivity index (χ1v) is 6.11. The molecule has 0 bridgehead atoms. The number of hydrogen-bond acceptors (Lipinski definition) is 2. The van der Waals surface area contributed by atoms with Gasteiger partial charge in [0.05, 0.1) is 0 Å². The largest absolute Gasteiger partial charge is 0.475 e. The standard InChI is InChI=1S/C16H15NO/c1-16(14-10-6-3-7-11-14)12-18-15(17-16)13-8-4-2-5-9-13/h2-11H,12H2,1H3. The second-order valence-corrected chi connectivity index (χ2v) is 4.71. The van der Waals surface area contributed by atoms with Gasteiger partial charge in [-0.15, -0.1) is 0 Å². The number of benzene rings is 2. The molecule has 0 radical (unpaired) electrons. The molecule has 90 valence electrons. The molecule has 1 atom stereocenters. The maximum absolute atomic E-state index is 5.76. The van der Waals surface area contributed by atoms with E-state index in [0.29, 0.717) is 6.61 Å². The average Bonchev–Trinajstić information content (AvgIpc) is 2.85. The fourth-order valence-electron chi connectivity index (χ4n) is 2.17. The summed E-state index contributed by atoms with van der Waals surface area (Å²) in [5, 5.41) is 0. The van der Waals surface area contributed by atoms with E-state index in [-0.39, 0.29) is 5.54 Å². The van der Waals surface area contributed by atoms with E-state index >= 15 is 0 Å². The van der Waals surface area contributed by atoms with Gasteiger partial charge in [-0.2, -0.15) is 0 Å². The van der Waals surface area contributed by atoms with E-state index in [0.717, 1.165) is 11.5 Å². The zero-order chi connectivity index (χ0) is 12.4. The SMILES string of the molecule is CC1(c2ccccc2)COC(c2ccccc2)=N1. The van der Waals surface area contributed by atoms with Crippen molar-refractivity contribution >= 4 is 5.90 Å². The third-order valence-electron chi connectivity index (χ3n) is 3.25. The molecular formula is C16H15NO. The Labute approximate surface area is 107 Å². The molecule has 0 aliphatic carbocycles. The highest BCUT2D eigenvalue weighted by Crippen LogP contribution is 2.31. The van der Waals surface area contributed by atoms with E-state index < -0.39 is 0 Å². The van der Waals surface area contributed by atoms with Crippen molar-refractivity contribution < 1.29 is 4.74 Å². The van der Waals surface area contributed by atoms with Crippen molar-refractivity contribution in [2.24, 2.45) is 4.99 Å². The van der Waals surface area contributed by atoms with Crippen molar-refractivity contribution in [2.45, 2.75) is 12.5 Å². The predicted octanol–water partition coefficient (Wildman–Crippen LogP) is 3.38. The quantitative estimate of drug-likeness (QED) is 0.784. The highest BCUT2D eigenvalue weighted by molar-refractivity contribution is 5.95. The highest BCUT2D eigenvalue weighted by Gasteiger charge is 2.33. The first kappa shape index (κ1) is 11.0. The van der Waals surface area contributed by atoms with Gasteiger partial charge in [-0.1, -0.05) is 48.5 Å². The summed E-state index contributed by atoms with van der Waals surface area (Å²) in [7, 11) is 0. The number of hydrogen-bond donors (Lipinski definition) is 0. The van der Waals surface area contributed by atoms with Crippen LogP contribution < -0.4 is 0 Å². The van der Waals surface area contributed by atoms with Crippen LogP contribution >= 0.6 is 0 Å². The fourth-order valence-corrected chi connectivity index (χ4v) is 2.17. The molecular weight excluding hydrogens is 222 g/mol. The molecule has 18 heavy (non-hydrogen) atoms. The molecule has 0 saturated heterocycles. The van der Waals surface area contributed by atoms with Gasteiger partial charge in [-0.05, 0) is 24.6 Å². The van der Waals surface area contributed by atoms with Crippen LogP contribution in [0, 0.1) is 0 Å². The summed E-state index contributed by atoms with van der Waals surface area (Å²) in [5.74, 6) is 0.738. The summed E-state index contributed by atoms with van der Waals surface area (Å²) in [5.41, 5.74) is 1.96. The summed E-state index contributed by atoms with van der Waals surface area (Å²) in [6.45, 7) is 2.71. The third kappa shape index (κ3) is 1.90. The zero-order valence-electron chi connectivity index (χ0n) is 10.3. The lowest BCUT2D eigenvalue weighted by atomic mass is 9.94.